The SMILES string of the molecule is Cc1ccc(NC(=O)[C@@H](NC[C@H]2COc3ccccc3O2)c2ccccc2)cc1. The van der Waals surface area contributed by atoms with E-state index in [4.69, 9.17) is 9.47 Å². The first-order valence-corrected chi connectivity index (χ1v) is 9.73. The van der Waals surface area contributed by atoms with Crippen LogP contribution in [0.5, 0.6) is 11.5 Å². The second-order valence-electron chi connectivity index (χ2n) is 7.10. The van der Waals surface area contributed by atoms with Gasteiger partial charge in [0.25, 0.3) is 0 Å². The zero-order valence-electron chi connectivity index (χ0n) is 16.3. The normalized spacial score (nSPS) is 16.1. The molecule has 4 rings (SSSR count). The first-order chi connectivity index (χ1) is 14.2. The van der Waals surface area contributed by atoms with E-state index in [1.807, 2.05) is 85.8 Å². The molecule has 0 bridgehead atoms. The van der Waals surface area contributed by atoms with Crippen molar-refractivity contribution in [3.8, 4) is 11.5 Å². The number of ether oxygens (including phenoxy) is 2. The number of benzene rings is 3. The topological polar surface area (TPSA) is 59.6 Å². The van der Waals surface area contributed by atoms with Crippen LogP contribution in [0.2, 0.25) is 0 Å². The van der Waals surface area contributed by atoms with Crippen molar-refractivity contribution >= 4 is 11.6 Å². The first-order valence-electron chi connectivity index (χ1n) is 9.73. The first kappa shape index (κ1) is 19.0. The predicted octanol–water partition coefficient (Wildman–Crippen LogP) is 4.10. The highest BCUT2D eigenvalue weighted by molar-refractivity contribution is 5.95. The minimum absolute atomic E-state index is 0.114. The molecule has 0 fully saturated rings. The van der Waals surface area contributed by atoms with Crippen LogP contribution in [0.15, 0.2) is 78.9 Å². The van der Waals surface area contributed by atoms with Gasteiger partial charge in [-0.1, -0.05) is 60.2 Å². The average molecular weight is 388 g/mol. The van der Waals surface area contributed by atoms with Gasteiger partial charge in [-0.05, 0) is 36.8 Å². The maximum absolute atomic E-state index is 13.0. The fourth-order valence-electron chi connectivity index (χ4n) is 3.27. The van der Waals surface area contributed by atoms with Crippen molar-refractivity contribution in [3.05, 3.63) is 90.0 Å². The van der Waals surface area contributed by atoms with Crippen LogP contribution in [0.3, 0.4) is 0 Å². The minimum atomic E-state index is -0.502. The number of amides is 1. The van der Waals surface area contributed by atoms with E-state index in [0.29, 0.717) is 13.2 Å². The van der Waals surface area contributed by atoms with Gasteiger partial charge in [0.1, 0.15) is 18.8 Å². The lowest BCUT2D eigenvalue weighted by molar-refractivity contribution is -0.118. The van der Waals surface area contributed by atoms with Crippen molar-refractivity contribution in [2.75, 3.05) is 18.5 Å². The van der Waals surface area contributed by atoms with E-state index < -0.39 is 6.04 Å². The van der Waals surface area contributed by atoms with Gasteiger partial charge in [-0.3, -0.25) is 10.1 Å². The number of fused-ring (bicyclic) bond motifs is 1. The molecule has 1 aliphatic rings. The van der Waals surface area contributed by atoms with Crippen molar-refractivity contribution in [2.45, 2.75) is 19.1 Å². The number of aryl methyl sites for hydroxylation is 1. The van der Waals surface area contributed by atoms with Crippen molar-refractivity contribution in [1.82, 2.24) is 5.32 Å². The maximum atomic E-state index is 13.0. The summed E-state index contributed by atoms with van der Waals surface area (Å²) in [5.41, 5.74) is 2.82. The Morgan fingerprint density at radius 1 is 0.966 bits per heavy atom. The molecule has 3 aromatic carbocycles. The standard InChI is InChI=1S/C24H24N2O3/c1-17-11-13-19(14-12-17)26-24(27)23(18-7-3-2-4-8-18)25-15-20-16-28-21-9-5-6-10-22(21)29-20/h2-14,20,23,25H,15-16H2,1H3,(H,26,27)/t20-,23-/m0/s1. The van der Waals surface area contributed by atoms with Crippen LogP contribution in [-0.2, 0) is 4.79 Å². The highest BCUT2D eigenvalue weighted by Gasteiger charge is 2.25. The molecule has 1 heterocycles. The van der Waals surface area contributed by atoms with Gasteiger partial charge in [0.2, 0.25) is 5.91 Å². The van der Waals surface area contributed by atoms with Crippen LogP contribution in [0.1, 0.15) is 17.2 Å². The highest BCUT2D eigenvalue weighted by Crippen LogP contribution is 2.30. The molecule has 0 saturated carbocycles. The second kappa shape index (κ2) is 8.80. The molecule has 0 radical (unpaired) electrons. The summed E-state index contributed by atoms with van der Waals surface area (Å²) < 4.78 is 11.8. The molecule has 29 heavy (non-hydrogen) atoms. The average Bonchev–Trinajstić information content (AvgIpc) is 2.76. The molecular weight excluding hydrogens is 364 g/mol. The monoisotopic (exact) mass is 388 g/mol. The third kappa shape index (κ3) is 4.76. The van der Waals surface area contributed by atoms with Crippen LogP contribution in [0.4, 0.5) is 5.69 Å². The van der Waals surface area contributed by atoms with Gasteiger partial charge in [0.15, 0.2) is 11.5 Å². The van der Waals surface area contributed by atoms with Gasteiger partial charge in [-0.25, -0.2) is 0 Å². The number of anilines is 1. The number of para-hydroxylation sites is 2. The molecule has 2 atom stereocenters. The lowest BCUT2D eigenvalue weighted by Gasteiger charge is -2.28. The van der Waals surface area contributed by atoms with Crippen LogP contribution in [0.25, 0.3) is 0 Å². The van der Waals surface area contributed by atoms with E-state index >= 15 is 0 Å². The summed E-state index contributed by atoms with van der Waals surface area (Å²) in [6.07, 6.45) is -0.178. The summed E-state index contributed by atoms with van der Waals surface area (Å²) in [5.74, 6) is 1.36. The molecule has 0 aliphatic carbocycles. The Hall–Kier alpha value is -3.31. The van der Waals surface area contributed by atoms with Crippen molar-refractivity contribution in [1.29, 1.82) is 0 Å². The molecule has 148 valence electrons. The molecule has 0 saturated heterocycles. The maximum Gasteiger partial charge on any atom is 0.246 e. The molecule has 0 unspecified atom stereocenters. The van der Waals surface area contributed by atoms with Gasteiger partial charge in [-0.2, -0.15) is 0 Å². The fourth-order valence-corrected chi connectivity index (χ4v) is 3.27. The van der Waals surface area contributed by atoms with Crippen LogP contribution in [0, 0.1) is 6.92 Å². The quantitative estimate of drug-likeness (QED) is 0.667. The second-order valence-corrected chi connectivity index (χ2v) is 7.10. The fraction of sp³-hybridized carbons (Fsp3) is 0.208. The summed E-state index contributed by atoms with van der Waals surface area (Å²) in [4.78, 5) is 13.0. The molecule has 2 N–H and O–H groups in total. The molecule has 1 amide bonds. The third-order valence-corrected chi connectivity index (χ3v) is 4.83. The number of hydrogen-bond acceptors (Lipinski definition) is 4. The zero-order valence-corrected chi connectivity index (χ0v) is 16.3. The Morgan fingerprint density at radius 2 is 1.66 bits per heavy atom. The Bertz CT molecular complexity index is 957. The number of carbonyl (C=O) groups is 1. The van der Waals surface area contributed by atoms with Crippen LogP contribution < -0.4 is 20.1 Å². The summed E-state index contributed by atoms with van der Waals surface area (Å²) in [5, 5.41) is 6.35. The minimum Gasteiger partial charge on any atom is -0.486 e. The summed E-state index contributed by atoms with van der Waals surface area (Å²) >= 11 is 0. The van der Waals surface area contributed by atoms with E-state index in [2.05, 4.69) is 10.6 Å². The van der Waals surface area contributed by atoms with Gasteiger partial charge in [-0.15, -0.1) is 0 Å². The van der Waals surface area contributed by atoms with Gasteiger partial charge < -0.3 is 14.8 Å². The number of rotatable bonds is 6. The lowest BCUT2D eigenvalue weighted by Crippen LogP contribution is -2.42. The van der Waals surface area contributed by atoms with E-state index in [1.54, 1.807) is 0 Å². The molecule has 5 nitrogen and oxygen atoms in total. The molecule has 5 heteroatoms. The van der Waals surface area contributed by atoms with Crippen molar-refractivity contribution in [2.24, 2.45) is 0 Å². The summed E-state index contributed by atoms with van der Waals surface area (Å²) in [6.45, 7) is 2.94. The molecule has 3 aromatic rings. The van der Waals surface area contributed by atoms with E-state index in [9.17, 15) is 4.79 Å². The highest BCUT2D eigenvalue weighted by atomic mass is 16.6. The largest absolute Gasteiger partial charge is 0.486 e. The molecule has 0 spiro atoms. The lowest BCUT2D eigenvalue weighted by atomic mass is 10.1. The van der Waals surface area contributed by atoms with Crippen LogP contribution in [-0.4, -0.2) is 25.2 Å². The number of carbonyl (C=O) groups excluding carboxylic acids is 1. The van der Waals surface area contributed by atoms with Crippen molar-refractivity contribution in [3.63, 3.8) is 0 Å². The van der Waals surface area contributed by atoms with Gasteiger partial charge >= 0.3 is 0 Å². The Labute approximate surface area is 170 Å². The Balaban J connectivity index is 1.45. The zero-order chi connectivity index (χ0) is 20.1. The Kier molecular flexibility index (Phi) is 5.77. The van der Waals surface area contributed by atoms with E-state index in [-0.39, 0.29) is 12.0 Å². The summed E-state index contributed by atoms with van der Waals surface area (Å²) in [6, 6.07) is 24.6. The van der Waals surface area contributed by atoms with Crippen molar-refractivity contribution < 1.29 is 14.3 Å². The van der Waals surface area contributed by atoms with Gasteiger partial charge in [0, 0.05) is 12.2 Å². The molecule has 0 aromatic heterocycles. The molecular formula is C24H24N2O3. The number of nitrogens with one attached hydrogen (secondary N) is 2. The predicted molar refractivity (Wildman–Crippen MR) is 113 cm³/mol. The Morgan fingerprint density at radius 3 is 2.41 bits per heavy atom. The van der Waals surface area contributed by atoms with E-state index in [0.717, 1.165) is 28.3 Å². The van der Waals surface area contributed by atoms with Crippen LogP contribution >= 0.6 is 0 Å². The van der Waals surface area contributed by atoms with Gasteiger partial charge in [0.05, 0.1) is 0 Å². The molecule has 1 aliphatic heterocycles. The third-order valence-electron chi connectivity index (χ3n) is 4.83. The number of hydrogen-bond donors (Lipinski definition) is 2. The summed E-state index contributed by atoms with van der Waals surface area (Å²) in [7, 11) is 0. The van der Waals surface area contributed by atoms with E-state index in [1.165, 1.54) is 0 Å². The smallest absolute Gasteiger partial charge is 0.246 e.